The normalized spacial score (nSPS) is 22.4. The van der Waals surface area contributed by atoms with Crippen LogP contribution in [0.4, 0.5) is 5.13 Å². The lowest BCUT2D eigenvalue weighted by Crippen LogP contribution is -2.47. The third-order valence-electron chi connectivity index (χ3n) is 4.20. The van der Waals surface area contributed by atoms with E-state index in [1.807, 2.05) is 18.2 Å². The average molecular weight is 324 g/mol. The maximum Gasteiger partial charge on any atom is 0.233 e. The smallest absolute Gasteiger partial charge is 0.233 e. The molecule has 1 atom stereocenters. The van der Waals surface area contributed by atoms with Crippen LogP contribution in [0.2, 0.25) is 5.02 Å². The predicted octanol–water partition coefficient (Wildman–Crippen LogP) is 3.67. The SMILES string of the molecule is CCC1(C(=O)Nc2nc3ccc(Cl)cc3s2)CCCNC1. The van der Waals surface area contributed by atoms with Gasteiger partial charge in [0.1, 0.15) is 0 Å². The van der Waals surface area contributed by atoms with Crippen molar-refractivity contribution in [3.8, 4) is 0 Å². The molecule has 1 unspecified atom stereocenters. The van der Waals surface area contributed by atoms with Crippen molar-refractivity contribution in [1.82, 2.24) is 10.3 Å². The molecular weight excluding hydrogens is 306 g/mol. The number of benzene rings is 1. The molecule has 0 radical (unpaired) electrons. The van der Waals surface area contributed by atoms with Crippen molar-refractivity contribution >= 4 is 44.2 Å². The molecular formula is C15H18ClN3OS. The molecule has 0 aliphatic carbocycles. The molecule has 2 N–H and O–H groups in total. The third kappa shape index (κ3) is 2.91. The summed E-state index contributed by atoms with van der Waals surface area (Å²) in [6.07, 6.45) is 2.80. The van der Waals surface area contributed by atoms with E-state index in [9.17, 15) is 4.79 Å². The van der Waals surface area contributed by atoms with Crippen molar-refractivity contribution in [2.75, 3.05) is 18.4 Å². The van der Waals surface area contributed by atoms with Gasteiger partial charge in [-0.15, -0.1) is 0 Å². The fourth-order valence-electron chi connectivity index (χ4n) is 2.81. The second-order valence-electron chi connectivity index (χ2n) is 5.50. The minimum absolute atomic E-state index is 0.0716. The molecule has 2 heterocycles. The maximum absolute atomic E-state index is 12.7. The van der Waals surface area contributed by atoms with E-state index in [-0.39, 0.29) is 11.3 Å². The second kappa shape index (κ2) is 5.91. The molecule has 0 saturated carbocycles. The first-order valence-electron chi connectivity index (χ1n) is 7.21. The van der Waals surface area contributed by atoms with Crippen LogP contribution in [0.1, 0.15) is 26.2 Å². The number of hydrogen-bond acceptors (Lipinski definition) is 4. The minimum atomic E-state index is -0.312. The Bertz CT molecular complexity index is 664. The molecule has 1 aliphatic rings. The summed E-state index contributed by atoms with van der Waals surface area (Å²) < 4.78 is 0.991. The zero-order chi connectivity index (χ0) is 14.9. The maximum atomic E-state index is 12.7. The van der Waals surface area contributed by atoms with Gasteiger partial charge in [0, 0.05) is 11.6 Å². The highest BCUT2D eigenvalue weighted by atomic mass is 35.5. The Morgan fingerprint density at radius 3 is 3.14 bits per heavy atom. The summed E-state index contributed by atoms with van der Waals surface area (Å²) in [7, 11) is 0. The third-order valence-corrected chi connectivity index (χ3v) is 5.37. The second-order valence-corrected chi connectivity index (χ2v) is 6.97. The number of nitrogens with zero attached hydrogens (tertiary/aromatic N) is 1. The van der Waals surface area contributed by atoms with E-state index in [2.05, 4.69) is 22.5 Å². The summed E-state index contributed by atoms with van der Waals surface area (Å²) in [5.74, 6) is 0.0716. The molecule has 1 aromatic carbocycles. The quantitative estimate of drug-likeness (QED) is 0.906. The van der Waals surface area contributed by atoms with Crippen LogP contribution in [0.15, 0.2) is 18.2 Å². The zero-order valence-corrected chi connectivity index (χ0v) is 13.5. The van der Waals surface area contributed by atoms with Crippen LogP contribution in [0.3, 0.4) is 0 Å². The number of amides is 1. The Morgan fingerprint density at radius 2 is 2.43 bits per heavy atom. The van der Waals surface area contributed by atoms with Gasteiger partial charge >= 0.3 is 0 Å². The van der Waals surface area contributed by atoms with Gasteiger partial charge in [-0.1, -0.05) is 29.9 Å². The number of hydrogen-bond donors (Lipinski definition) is 2. The van der Waals surface area contributed by atoms with Gasteiger partial charge in [0.05, 0.1) is 15.6 Å². The van der Waals surface area contributed by atoms with Gasteiger partial charge < -0.3 is 10.6 Å². The van der Waals surface area contributed by atoms with Gasteiger partial charge in [-0.3, -0.25) is 4.79 Å². The number of halogens is 1. The van der Waals surface area contributed by atoms with E-state index < -0.39 is 0 Å². The molecule has 3 rings (SSSR count). The van der Waals surface area contributed by atoms with Crippen LogP contribution in [-0.2, 0) is 4.79 Å². The molecule has 112 valence electrons. The van der Waals surface area contributed by atoms with Gasteiger partial charge in [-0.25, -0.2) is 4.98 Å². The minimum Gasteiger partial charge on any atom is -0.316 e. The molecule has 1 saturated heterocycles. The summed E-state index contributed by atoms with van der Waals surface area (Å²) in [5, 5.41) is 7.66. The molecule has 0 bridgehead atoms. The highest BCUT2D eigenvalue weighted by Crippen LogP contribution is 2.33. The van der Waals surface area contributed by atoms with E-state index in [0.717, 1.165) is 42.6 Å². The molecule has 4 nitrogen and oxygen atoms in total. The van der Waals surface area contributed by atoms with E-state index in [1.165, 1.54) is 11.3 Å². The molecule has 6 heteroatoms. The van der Waals surface area contributed by atoms with E-state index in [1.54, 1.807) is 0 Å². The van der Waals surface area contributed by atoms with Crippen LogP contribution >= 0.6 is 22.9 Å². The Morgan fingerprint density at radius 1 is 1.57 bits per heavy atom. The van der Waals surface area contributed by atoms with Gasteiger partial charge in [-0.05, 0) is 44.0 Å². The molecule has 1 fully saturated rings. The number of anilines is 1. The summed E-state index contributed by atoms with van der Waals surface area (Å²) in [6.45, 7) is 3.81. The van der Waals surface area contributed by atoms with Crippen molar-refractivity contribution < 1.29 is 4.79 Å². The zero-order valence-electron chi connectivity index (χ0n) is 11.9. The molecule has 1 aliphatic heterocycles. The van der Waals surface area contributed by atoms with E-state index in [0.29, 0.717) is 10.2 Å². The van der Waals surface area contributed by atoms with Crippen LogP contribution < -0.4 is 10.6 Å². The van der Waals surface area contributed by atoms with Crippen LogP contribution in [-0.4, -0.2) is 24.0 Å². The lowest BCUT2D eigenvalue weighted by molar-refractivity contribution is -0.126. The summed E-state index contributed by atoms with van der Waals surface area (Å²) in [4.78, 5) is 17.1. The predicted molar refractivity (Wildman–Crippen MR) is 88.1 cm³/mol. The standard InChI is InChI=1S/C15H18ClN3OS/c1-2-15(6-3-7-17-9-15)13(20)19-14-18-11-5-4-10(16)8-12(11)21-14/h4-5,8,17H,2-3,6-7,9H2,1H3,(H,18,19,20). The topological polar surface area (TPSA) is 54.0 Å². The molecule has 2 aromatic rings. The Kier molecular flexibility index (Phi) is 4.15. The number of carbonyl (C=O) groups excluding carboxylic acids is 1. The van der Waals surface area contributed by atoms with Crippen LogP contribution in [0.5, 0.6) is 0 Å². The van der Waals surface area contributed by atoms with Crippen molar-refractivity contribution in [2.24, 2.45) is 5.41 Å². The summed E-state index contributed by atoms with van der Waals surface area (Å²) in [5.41, 5.74) is 0.556. The number of thiazole rings is 1. The molecule has 0 spiro atoms. The van der Waals surface area contributed by atoms with Crippen LogP contribution in [0.25, 0.3) is 10.2 Å². The first kappa shape index (κ1) is 14.8. The largest absolute Gasteiger partial charge is 0.316 e. The van der Waals surface area contributed by atoms with Crippen molar-refractivity contribution in [3.05, 3.63) is 23.2 Å². The monoisotopic (exact) mass is 323 g/mol. The van der Waals surface area contributed by atoms with E-state index in [4.69, 9.17) is 11.6 Å². The fraction of sp³-hybridized carbons (Fsp3) is 0.467. The highest BCUT2D eigenvalue weighted by Gasteiger charge is 2.38. The lowest BCUT2D eigenvalue weighted by Gasteiger charge is -2.35. The molecule has 1 amide bonds. The lowest BCUT2D eigenvalue weighted by atomic mass is 9.77. The van der Waals surface area contributed by atoms with Crippen molar-refractivity contribution in [3.63, 3.8) is 0 Å². The Balaban J connectivity index is 1.81. The fourth-order valence-corrected chi connectivity index (χ4v) is 3.94. The first-order valence-corrected chi connectivity index (χ1v) is 8.41. The van der Waals surface area contributed by atoms with Crippen LogP contribution in [0, 0.1) is 5.41 Å². The van der Waals surface area contributed by atoms with Crippen molar-refractivity contribution in [2.45, 2.75) is 26.2 Å². The van der Waals surface area contributed by atoms with Gasteiger partial charge in [0.2, 0.25) is 5.91 Å². The number of carbonyl (C=O) groups is 1. The van der Waals surface area contributed by atoms with Gasteiger partial charge in [0.25, 0.3) is 0 Å². The number of piperidine rings is 1. The van der Waals surface area contributed by atoms with E-state index >= 15 is 0 Å². The van der Waals surface area contributed by atoms with Gasteiger partial charge in [0.15, 0.2) is 5.13 Å². The number of aromatic nitrogens is 1. The van der Waals surface area contributed by atoms with Crippen molar-refractivity contribution in [1.29, 1.82) is 0 Å². The Labute approximate surface area is 132 Å². The average Bonchev–Trinajstić information content (AvgIpc) is 2.89. The Hall–Kier alpha value is -1.17. The highest BCUT2D eigenvalue weighted by molar-refractivity contribution is 7.22. The number of rotatable bonds is 3. The van der Waals surface area contributed by atoms with Gasteiger partial charge in [-0.2, -0.15) is 0 Å². The summed E-state index contributed by atoms with van der Waals surface area (Å²) in [6, 6.07) is 5.57. The first-order chi connectivity index (χ1) is 10.1. The number of fused-ring (bicyclic) bond motifs is 1. The number of nitrogens with one attached hydrogen (secondary N) is 2. The summed E-state index contributed by atoms with van der Waals surface area (Å²) >= 11 is 7.45. The molecule has 1 aromatic heterocycles. The molecule has 21 heavy (non-hydrogen) atoms.